The van der Waals surface area contributed by atoms with Crippen molar-refractivity contribution in [1.29, 1.82) is 0 Å². The highest BCUT2D eigenvalue weighted by Crippen LogP contribution is 2.51. The van der Waals surface area contributed by atoms with Crippen LogP contribution < -0.4 is 9.05 Å². The van der Waals surface area contributed by atoms with E-state index in [4.69, 9.17) is 9.05 Å². The van der Waals surface area contributed by atoms with Gasteiger partial charge in [0.1, 0.15) is 11.5 Å². The summed E-state index contributed by atoms with van der Waals surface area (Å²) in [6.07, 6.45) is 3.34. The molecule has 4 heteroatoms. The van der Waals surface area contributed by atoms with Crippen LogP contribution in [-0.4, -0.2) is 4.89 Å². The topological polar surface area (TPSA) is 38.7 Å². The minimum absolute atomic E-state index is 0.00447. The molecule has 1 aliphatic rings. The third-order valence-electron chi connectivity index (χ3n) is 6.90. The quantitative estimate of drug-likeness (QED) is 0.374. The van der Waals surface area contributed by atoms with Crippen molar-refractivity contribution in [2.24, 2.45) is 0 Å². The van der Waals surface area contributed by atoms with E-state index in [1.807, 2.05) is 0 Å². The maximum absolute atomic E-state index is 11.0. The molecule has 3 rings (SSSR count). The van der Waals surface area contributed by atoms with E-state index >= 15 is 0 Å². The van der Waals surface area contributed by atoms with E-state index in [1.165, 1.54) is 24.0 Å². The molecule has 0 aliphatic carbocycles. The highest BCUT2D eigenvalue weighted by atomic mass is 31.2. The highest BCUT2D eigenvalue weighted by Gasteiger charge is 2.33. The van der Waals surface area contributed by atoms with Gasteiger partial charge in [-0.15, -0.1) is 0 Å². The second-order valence-electron chi connectivity index (χ2n) is 14.6. The van der Waals surface area contributed by atoms with Gasteiger partial charge in [0.2, 0.25) is 0 Å². The zero-order valence-electron chi connectivity index (χ0n) is 26.1. The molecule has 2 aromatic rings. The minimum Gasteiger partial charge on any atom is -0.417 e. The van der Waals surface area contributed by atoms with Crippen LogP contribution in [0.5, 0.6) is 11.5 Å². The van der Waals surface area contributed by atoms with Crippen molar-refractivity contribution in [1.82, 2.24) is 0 Å². The van der Waals surface area contributed by atoms with E-state index < -0.39 is 8.60 Å². The van der Waals surface area contributed by atoms with Crippen molar-refractivity contribution in [2.45, 2.75) is 138 Å². The lowest BCUT2D eigenvalue weighted by atomic mass is 9.76. The molecule has 3 nitrogen and oxygen atoms in total. The van der Waals surface area contributed by atoms with E-state index in [9.17, 15) is 4.89 Å². The Hall–Kier alpha value is -1.57. The molecular weight excluding hydrogens is 475 g/mol. The second kappa shape index (κ2) is 11.3. The molecule has 0 radical (unpaired) electrons. The van der Waals surface area contributed by atoms with Gasteiger partial charge in [0, 0.05) is 17.5 Å². The first kappa shape index (κ1) is 31.6. The molecule has 0 fully saturated rings. The lowest BCUT2D eigenvalue weighted by molar-refractivity contribution is 0.363. The van der Waals surface area contributed by atoms with Gasteiger partial charge in [0.15, 0.2) is 0 Å². The maximum Gasteiger partial charge on any atom is 0.460 e. The summed E-state index contributed by atoms with van der Waals surface area (Å²) in [6.45, 7) is 31.0. The fraction of sp³-hybridized carbons (Fsp3) is 0.636. The van der Waals surface area contributed by atoms with Gasteiger partial charge < -0.3 is 13.9 Å². The normalized spacial score (nSPS) is 14.8. The van der Waals surface area contributed by atoms with Crippen LogP contribution in [0.3, 0.4) is 0 Å². The van der Waals surface area contributed by atoms with Crippen molar-refractivity contribution in [3.05, 3.63) is 57.6 Å². The number of rotatable bonds is 1. The number of fused-ring (bicyclic) bond motifs is 2. The number of hydrogen-bond acceptors (Lipinski definition) is 3. The van der Waals surface area contributed by atoms with Crippen molar-refractivity contribution in [2.75, 3.05) is 0 Å². The largest absolute Gasteiger partial charge is 0.460 e. The predicted octanol–water partition coefficient (Wildman–Crippen LogP) is 10.3. The molecule has 0 aromatic heterocycles. The molecule has 0 bridgehead atoms. The third kappa shape index (κ3) is 7.96. The lowest BCUT2D eigenvalue weighted by Crippen LogP contribution is -2.22. The van der Waals surface area contributed by atoms with E-state index in [0.717, 1.165) is 33.8 Å². The Kier molecular flexibility index (Phi) is 9.64. The van der Waals surface area contributed by atoms with Gasteiger partial charge in [0.05, 0.1) is 0 Å². The van der Waals surface area contributed by atoms with Crippen LogP contribution in [0.15, 0.2) is 24.3 Å². The zero-order valence-corrected chi connectivity index (χ0v) is 27.0. The fourth-order valence-electron chi connectivity index (χ4n) is 4.22. The first-order valence-corrected chi connectivity index (χ1v) is 15.0. The summed E-state index contributed by atoms with van der Waals surface area (Å²) in [7, 11) is -2.11. The molecule has 208 valence electrons. The van der Waals surface area contributed by atoms with Gasteiger partial charge in [-0.2, -0.15) is 0 Å². The SMILES string of the molecule is CC(C)(C)c1cc2c(c(C(C)(C)C)c1)OP(O)Oc1c(cc(C(C)(C)C)cc1C(C)(C)C)C2.CCCC. The minimum atomic E-state index is -2.11. The molecule has 0 spiro atoms. The highest BCUT2D eigenvalue weighted by molar-refractivity contribution is 7.41. The van der Waals surface area contributed by atoms with Gasteiger partial charge in [-0.05, 0) is 43.9 Å². The first-order valence-electron chi connectivity index (χ1n) is 13.9. The van der Waals surface area contributed by atoms with Gasteiger partial charge in [-0.25, -0.2) is 0 Å². The monoisotopic (exact) mass is 528 g/mol. The summed E-state index contributed by atoms with van der Waals surface area (Å²) >= 11 is 0. The molecule has 0 saturated heterocycles. The van der Waals surface area contributed by atoms with Crippen LogP contribution >= 0.6 is 8.60 Å². The summed E-state index contributed by atoms with van der Waals surface area (Å²) in [4.78, 5) is 11.0. The number of unbranched alkanes of at least 4 members (excludes halogenated alkanes) is 1. The van der Waals surface area contributed by atoms with Gasteiger partial charge in [-0.1, -0.05) is 134 Å². The van der Waals surface area contributed by atoms with Crippen molar-refractivity contribution in [3.8, 4) is 11.5 Å². The molecule has 1 N–H and O–H groups in total. The molecular formula is C33H53O3P. The molecule has 2 aromatic carbocycles. The van der Waals surface area contributed by atoms with Crippen LogP contribution in [0.2, 0.25) is 0 Å². The molecule has 1 aliphatic heterocycles. The van der Waals surface area contributed by atoms with Crippen LogP contribution in [-0.2, 0) is 28.1 Å². The molecule has 0 atom stereocenters. The Bertz CT molecular complexity index is 988. The third-order valence-corrected chi connectivity index (χ3v) is 7.58. The molecule has 1 heterocycles. The Morgan fingerprint density at radius 2 is 0.919 bits per heavy atom. The predicted molar refractivity (Wildman–Crippen MR) is 161 cm³/mol. The summed E-state index contributed by atoms with van der Waals surface area (Å²) in [5.74, 6) is 1.54. The summed E-state index contributed by atoms with van der Waals surface area (Å²) in [6, 6.07) is 9.03. The summed E-state index contributed by atoms with van der Waals surface area (Å²) in [5, 5.41) is 0. The number of benzene rings is 2. The molecule has 0 saturated carbocycles. The Morgan fingerprint density at radius 1 is 0.595 bits per heavy atom. The Balaban J connectivity index is 0.00000112. The number of hydrogen-bond donors (Lipinski definition) is 1. The van der Waals surface area contributed by atoms with Gasteiger partial charge in [-0.3, -0.25) is 0 Å². The molecule has 0 unspecified atom stereocenters. The lowest BCUT2D eigenvalue weighted by Gasteiger charge is -2.33. The van der Waals surface area contributed by atoms with Crippen molar-refractivity contribution >= 4 is 8.60 Å². The van der Waals surface area contributed by atoms with E-state index in [0.29, 0.717) is 6.42 Å². The zero-order chi connectivity index (χ0) is 28.6. The Labute approximate surface area is 229 Å². The van der Waals surface area contributed by atoms with Crippen molar-refractivity contribution in [3.63, 3.8) is 0 Å². The van der Waals surface area contributed by atoms with Gasteiger partial charge >= 0.3 is 8.60 Å². The van der Waals surface area contributed by atoms with Crippen LogP contribution in [0, 0.1) is 0 Å². The van der Waals surface area contributed by atoms with Crippen LogP contribution in [0.25, 0.3) is 0 Å². The Morgan fingerprint density at radius 3 is 1.16 bits per heavy atom. The van der Waals surface area contributed by atoms with Gasteiger partial charge in [0.25, 0.3) is 0 Å². The smallest absolute Gasteiger partial charge is 0.417 e. The molecule has 37 heavy (non-hydrogen) atoms. The molecule has 0 amide bonds. The van der Waals surface area contributed by atoms with E-state index in [1.54, 1.807) is 0 Å². The summed E-state index contributed by atoms with van der Waals surface area (Å²) in [5.41, 5.74) is 6.76. The van der Waals surface area contributed by atoms with E-state index in [-0.39, 0.29) is 21.7 Å². The van der Waals surface area contributed by atoms with E-state index in [2.05, 4.69) is 121 Å². The maximum atomic E-state index is 11.0. The second-order valence-corrected chi connectivity index (χ2v) is 15.5. The standard InChI is InChI=1S/C29H43O3P.C4H10/c1-26(2,3)20-14-18-13-19-15-21(27(4,5)6)17-23(29(10,11)12)25(19)32-33(30)31-24(18)22(16-20)28(7,8)9;1-3-4-2/h14-17,30H,13H2,1-12H3;3-4H2,1-2H3. The summed E-state index contributed by atoms with van der Waals surface area (Å²) < 4.78 is 12.4. The average molecular weight is 529 g/mol. The first-order chi connectivity index (χ1) is 16.7. The van der Waals surface area contributed by atoms with Crippen LogP contribution in [0.1, 0.15) is 143 Å². The van der Waals surface area contributed by atoms with Crippen molar-refractivity contribution < 1.29 is 13.9 Å². The average Bonchev–Trinajstić information content (AvgIpc) is 2.71. The van der Waals surface area contributed by atoms with Crippen LogP contribution in [0.4, 0.5) is 0 Å². The fourth-order valence-corrected chi connectivity index (χ4v) is 5.00.